The summed E-state index contributed by atoms with van der Waals surface area (Å²) in [5, 5.41) is 25.3. The van der Waals surface area contributed by atoms with Crippen LogP contribution in [0.5, 0.6) is 0 Å². The van der Waals surface area contributed by atoms with Crippen LogP contribution in [0.1, 0.15) is 90.4 Å². The van der Waals surface area contributed by atoms with E-state index in [1.54, 1.807) is 6.92 Å². The molecule has 0 aliphatic carbocycles. The largest absolute Gasteiger partial charge is 0.230 e. The molecule has 0 radical (unpaired) electrons. The number of hydrogen-bond donors (Lipinski definition) is 0. The van der Waals surface area contributed by atoms with Gasteiger partial charge in [0.1, 0.15) is 0 Å². The summed E-state index contributed by atoms with van der Waals surface area (Å²) in [6.45, 7) is 2.66. The number of unbranched alkanes of at least 4 members (excludes halogenated alkanes) is 10. The highest BCUT2D eigenvalue weighted by Gasteiger charge is 2.30. The van der Waals surface area contributed by atoms with Gasteiger partial charge in [0, 0.05) is 25.9 Å². The van der Waals surface area contributed by atoms with E-state index >= 15 is 0 Å². The van der Waals surface area contributed by atoms with Crippen molar-refractivity contribution in [2.24, 2.45) is 0 Å². The van der Waals surface area contributed by atoms with Crippen molar-refractivity contribution in [2.45, 2.75) is 95.6 Å². The maximum Gasteiger partial charge on any atom is 0.230 e. The van der Waals surface area contributed by atoms with Gasteiger partial charge in [-0.3, -0.25) is 0 Å². The first-order valence-corrected chi connectivity index (χ1v) is 11.7. The molecule has 0 aromatic heterocycles. The van der Waals surface area contributed by atoms with Gasteiger partial charge >= 0.3 is 0 Å². The van der Waals surface area contributed by atoms with Crippen molar-refractivity contribution in [2.75, 3.05) is 13.1 Å². The molecule has 7 heteroatoms. The summed E-state index contributed by atoms with van der Waals surface area (Å²) >= 11 is 0. The van der Waals surface area contributed by atoms with E-state index in [0.29, 0.717) is 32.4 Å². The molecule has 27 heavy (non-hydrogen) atoms. The molecule has 0 aromatic rings. The average Bonchev–Trinajstić information content (AvgIpc) is 2.65. The smallest absolute Gasteiger partial charge is 0.211 e. The van der Waals surface area contributed by atoms with Gasteiger partial charge in [0.2, 0.25) is 10.0 Å². The van der Waals surface area contributed by atoms with Gasteiger partial charge in [-0.15, -0.1) is 0 Å². The first-order chi connectivity index (χ1) is 13.0. The molecule has 0 saturated carbocycles. The third-order valence-electron chi connectivity index (χ3n) is 4.63. The Morgan fingerprint density at radius 2 is 1.15 bits per heavy atom. The van der Waals surface area contributed by atoms with Crippen molar-refractivity contribution in [3.05, 3.63) is 0 Å². The van der Waals surface area contributed by atoms with Gasteiger partial charge in [-0.1, -0.05) is 45.4 Å². The molecule has 0 saturated heterocycles. The fourth-order valence-electron chi connectivity index (χ4n) is 2.96. The van der Waals surface area contributed by atoms with Crippen molar-refractivity contribution in [3.8, 4) is 18.2 Å². The SMILES string of the molecule is CCC(C#N)S(=O)(=O)N(CCCCCCCC#N)CCCCCCCC#N. The minimum absolute atomic E-state index is 0.303. The standard InChI is InChI=1S/C20H34N4O2S/c1-2-20(19-23)27(25,26)24(17-13-9-5-3-7-11-15-21)18-14-10-6-4-8-12-16-22/h20H,2-14,17-18H2,1H3. The summed E-state index contributed by atoms with van der Waals surface area (Å²) < 4.78 is 27.0. The van der Waals surface area contributed by atoms with Crippen LogP contribution in [0.15, 0.2) is 0 Å². The first-order valence-electron chi connectivity index (χ1n) is 10.2. The summed E-state index contributed by atoms with van der Waals surface area (Å²) in [6, 6.07) is 6.20. The summed E-state index contributed by atoms with van der Waals surface area (Å²) in [7, 11) is -3.58. The Balaban J connectivity index is 4.45. The summed E-state index contributed by atoms with van der Waals surface area (Å²) in [6.07, 6.45) is 10.7. The first kappa shape index (κ1) is 25.4. The highest BCUT2D eigenvalue weighted by Crippen LogP contribution is 2.16. The number of nitriles is 3. The number of hydrogen-bond acceptors (Lipinski definition) is 5. The molecule has 0 aliphatic heterocycles. The fraction of sp³-hybridized carbons (Fsp3) is 0.850. The second-order valence-electron chi connectivity index (χ2n) is 6.82. The van der Waals surface area contributed by atoms with Crippen LogP contribution >= 0.6 is 0 Å². The van der Waals surface area contributed by atoms with Gasteiger partial charge in [-0.05, 0) is 32.1 Å². The Morgan fingerprint density at radius 3 is 1.52 bits per heavy atom. The second-order valence-corrected chi connectivity index (χ2v) is 8.94. The van der Waals surface area contributed by atoms with Gasteiger partial charge in [-0.2, -0.15) is 15.8 Å². The monoisotopic (exact) mass is 394 g/mol. The van der Waals surface area contributed by atoms with Crippen molar-refractivity contribution in [3.63, 3.8) is 0 Å². The molecule has 1 unspecified atom stereocenters. The molecule has 0 rings (SSSR count). The summed E-state index contributed by atoms with van der Waals surface area (Å²) in [5.41, 5.74) is 0. The lowest BCUT2D eigenvalue weighted by Crippen LogP contribution is -2.39. The Hall–Kier alpha value is -1.62. The highest BCUT2D eigenvalue weighted by atomic mass is 32.2. The van der Waals surface area contributed by atoms with Crippen LogP contribution in [0.3, 0.4) is 0 Å². The van der Waals surface area contributed by atoms with E-state index in [2.05, 4.69) is 12.1 Å². The Morgan fingerprint density at radius 1 is 0.741 bits per heavy atom. The van der Waals surface area contributed by atoms with E-state index in [9.17, 15) is 13.7 Å². The van der Waals surface area contributed by atoms with E-state index in [-0.39, 0.29) is 0 Å². The average molecular weight is 395 g/mol. The Kier molecular flexibility index (Phi) is 15.6. The number of nitrogens with zero attached hydrogens (tertiary/aromatic N) is 4. The minimum Gasteiger partial charge on any atom is -0.211 e. The zero-order valence-corrected chi connectivity index (χ0v) is 17.5. The topological polar surface area (TPSA) is 109 Å². The maximum atomic E-state index is 12.7. The molecular formula is C20H34N4O2S. The molecule has 0 N–H and O–H groups in total. The molecule has 0 fully saturated rings. The van der Waals surface area contributed by atoms with Crippen LogP contribution in [0.2, 0.25) is 0 Å². The molecule has 0 amide bonds. The molecule has 152 valence electrons. The third-order valence-corrected chi connectivity index (χ3v) is 6.87. The maximum absolute atomic E-state index is 12.7. The predicted molar refractivity (Wildman–Crippen MR) is 107 cm³/mol. The molecule has 0 aliphatic rings. The quantitative estimate of drug-likeness (QED) is 0.334. The van der Waals surface area contributed by atoms with Crippen LogP contribution in [0.4, 0.5) is 0 Å². The fourth-order valence-corrected chi connectivity index (χ4v) is 4.64. The van der Waals surface area contributed by atoms with Crippen molar-refractivity contribution < 1.29 is 8.42 Å². The third kappa shape index (κ3) is 11.6. The van der Waals surface area contributed by atoms with Gasteiger partial charge in [0.15, 0.2) is 5.25 Å². The molecule has 0 bridgehead atoms. The lowest BCUT2D eigenvalue weighted by Gasteiger charge is -2.24. The summed E-state index contributed by atoms with van der Waals surface area (Å²) in [4.78, 5) is 0. The zero-order valence-electron chi connectivity index (χ0n) is 16.7. The van der Waals surface area contributed by atoms with Crippen LogP contribution in [0.25, 0.3) is 0 Å². The molecule has 0 aromatic carbocycles. The molecule has 0 heterocycles. The van der Waals surface area contributed by atoms with Gasteiger partial charge in [-0.25, -0.2) is 12.7 Å². The van der Waals surface area contributed by atoms with Crippen LogP contribution in [0, 0.1) is 34.0 Å². The van der Waals surface area contributed by atoms with Gasteiger partial charge in [0.25, 0.3) is 0 Å². The van der Waals surface area contributed by atoms with Crippen molar-refractivity contribution >= 4 is 10.0 Å². The second kappa shape index (κ2) is 16.5. The predicted octanol–water partition coefficient (Wildman–Crippen LogP) is 4.65. The van der Waals surface area contributed by atoms with Gasteiger partial charge < -0.3 is 0 Å². The van der Waals surface area contributed by atoms with Crippen LogP contribution in [-0.2, 0) is 10.0 Å². The molecule has 0 spiro atoms. The minimum atomic E-state index is -3.58. The zero-order chi connectivity index (χ0) is 20.4. The van der Waals surface area contributed by atoms with E-state index in [0.717, 1.165) is 64.2 Å². The van der Waals surface area contributed by atoms with E-state index in [1.165, 1.54) is 4.31 Å². The van der Waals surface area contributed by atoms with Crippen LogP contribution < -0.4 is 0 Å². The highest BCUT2D eigenvalue weighted by molar-refractivity contribution is 7.90. The molecule has 6 nitrogen and oxygen atoms in total. The molecular weight excluding hydrogens is 360 g/mol. The molecule has 1 atom stereocenters. The lowest BCUT2D eigenvalue weighted by molar-refractivity contribution is 0.380. The Labute approximate surface area is 165 Å². The number of rotatable bonds is 17. The summed E-state index contributed by atoms with van der Waals surface area (Å²) in [5.74, 6) is 0. The van der Waals surface area contributed by atoms with Crippen molar-refractivity contribution in [1.29, 1.82) is 15.8 Å². The van der Waals surface area contributed by atoms with Crippen LogP contribution in [-0.4, -0.2) is 31.1 Å². The lowest BCUT2D eigenvalue weighted by atomic mass is 10.1. The number of sulfonamides is 1. The van der Waals surface area contributed by atoms with E-state index in [4.69, 9.17) is 10.5 Å². The van der Waals surface area contributed by atoms with Crippen molar-refractivity contribution in [1.82, 2.24) is 4.31 Å². The normalized spacial score (nSPS) is 12.3. The van der Waals surface area contributed by atoms with E-state index < -0.39 is 15.3 Å². The van der Waals surface area contributed by atoms with E-state index in [1.807, 2.05) is 6.07 Å². The van der Waals surface area contributed by atoms with Gasteiger partial charge in [0.05, 0.1) is 18.2 Å². The Bertz CT molecular complexity index is 571.